The first-order valence-corrected chi connectivity index (χ1v) is 14.6. The minimum atomic E-state index is -0.913. The molecule has 3 unspecified atom stereocenters. The molecule has 0 spiro atoms. The predicted octanol–water partition coefficient (Wildman–Crippen LogP) is 6.08. The summed E-state index contributed by atoms with van der Waals surface area (Å²) in [6, 6.07) is 4.45. The number of benzene rings is 1. The standard InChI is InChI=1S/C31H51N3O5/c1-20(2)14-15-22(5)34(29(37)26(21(3)4)33-30(38)39-31(6,7)8)27(23-16-18-25(35)19-17-23)28(36)32-24-12-10-9-11-13-24/h16-22,24,26-27,35H,9-15H2,1-8H3,(H,32,36)(H,33,38). The molecule has 0 saturated heterocycles. The van der Waals surface area contributed by atoms with Gasteiger partial charge in [0.15, 0.2) is 0 Å². The Morgan fingerprint density at radius 1 is 0.974 bits per heavy atom. The first-order valence-electron chi connectivity index (χ1n) is 14.6. The summed E-state index contributed by atoms with van der Waals surface area (Å²) in [7, 11) is 0. The van der Waals surface area contributed by atoms with Crippen molar-refractivity contribution in [1.82, 2.24) is 15.5 Å². The molecule has 1 saturated carbocycles. The molecule has 3 N–H and O–H groups in total. The van der Waals surface area contributed by atoms with Crippen LogP contribution in [-0.4, -0.2) is 51.6 Å². The van der Waals surface area contributed by atoms with Crippen LogP contribution in [0.15, 0.2) is 24.3 Å². The van der Waals surface area contributed by atoms with Gasteiger partial charge in [0.2, 0.25) is 11.8 Å². The van der Waals surface area contributed by atoms with E-state index in [1.807, 2.05) is 20.8 Å². The molecule has 0 heterocycles. The molecule has 3 atom stereocenters. The number of aromatic hydroxyl groups is 1. The summed E-state index contributed by atoms with van der Waals surface area (Å²) in [6.45, 7) is 15.3. The lowest BCUT2D eigenvalue weighted by Crippen LogP contribution is -2.57. The fourth-order valence-corrected chi connectivity index (χ4v) is 5.04. The third kappa shape index (κ3) is 10.4. The van der Waals surface area contributed by atoms with Gasteiger partial charge in [0.25, 0.3) is 0 Å². The predicted molar refractivity (Wildman–Crippen MR) is 154 cm³/mol. The van der Waals surface area contributed by atoms with Crippen molar-refractivity contribution in [3.8, 4) is 5.75 Å². The normalized spacial score (nSPS) is 16.9. The number of alkyl carbamates (subject to hydrolysis) is 1. The van der Waals surface area contributed by atoms with E-state index in [9.17, 15) is 19.5 Å². The Bertz CT molecular complexity index is 933. The Morgan fingerprint density at radius 3 is 2.08 bits per heavy atom. The van der Waals surface area contributed by atoms with Crippen molar-refractivity contribution in [1.29, 1.82) is 0 Å². The van der Waals surface area contributed by atoms with Crippen LogP contribution in [0.5, 0.6) is 5.75 Å². The highest BCUT2D eigenvalue weighted by Crippen LogP contribution is 2.30. The summed E-state index contributed by atoms with van der Waals surface area (Å²) in [6.07, 6.45) is 6.04. The maximum Gasteiger partial charge on any atom is 0.408 e. The molecule has 0 radical (unpaired) electrons. The van der Waals surface area contributed by atoms with Crippen LogP contribution in [0.1, 0.15) is 112 Å². The molecule has 8 heteroatoms. The van der Waals surface area contributed by atoms with Crippen LogP contribution in [0.25, 0.3) is 0 Å². The second-order valence-corrected chi connectivity index (χ2v) is 12.8. The van der Waals surface area contributed by atoms with E-state index in [2.05, 4.69) is 24.5 Å². The van der Waals surface area contributed by atoms with Gasteiger partial charge in [0, 0.05) is 12.1 Å². The summed E-state index contributed by atoms with van der Waals surface area (Å²) >= 11 is 0. The van der Waals surface area contributed by atoms with E-state index >= 15 is 0 Å². The molecule has 0 aromatic heterocycles. The maximum absolute atomic E-state index is 14.4. The first-order chi connectivity index (χ1) is 18.2. The summed E-state index contributed by atoms with van der Waals surface area (Å²) in [4.78, 5) is 42.8. The Balaban J connectivity index is 2.52. The maximum atomic E-state index is 14.4. The van der Waals surface area contributed by atoms with Gasteiger partial charge in [-0.05, 0) is 82.9 Å². The highest BCUT2D eigenvalue weighted by atomic mass is 16.6. The number of carbonyl (C=O) groups excluding carboxylic acids is 3. The van der Waals surface area contributed by atoms with Crippen LogP contribution < -0.4 is 10.6 Å². The number of hydrogen-bond acceptors (Lipinski definition) is 5. The third-order valence-electron chi connectivity index (χ3n) is 7.18. The van der Waals surface area contributed by atoms with E-state index in [0.29, 0.717) is 17.9 Å². The zero-order valence-corrected chi connectivity index (χ0v) is 25.3. The van der Waals surface area contributed by atoms with Crippen molar-refractivity contribution in [2.24, 2.45) is 11.8 Å². The molecule has 39 heavy (non-hydrogen) atoms. The Morgan fingerprint density at radius 2 is 1.56 bits per heavy atom. The third-order valence-corrected chi connectivity index (χ3v) is 7.18. The van der Waals surface area contributed by atoms with Gasteiger partial charge >= 0.3 is 6.09 Å². The van der Waals surface area contributed by atoms with Crippen molar-refractivity contribution in [3.05, 3.63) is 29.8 Å². The van der Waals surface area contributed by atoms with Crippen LogP contribution in [-0.2, 0) is 14.3 Å². The number of ether oxygens (including phenoxy) is 1. The highest BCUT2D eigenvalue weighted by Gasteiger charge is 2.40. The molecule has 220 valence electrons. The van der Waals surface area contributed by atoms with Crippen molar-refractivity contribution < 1.29 is 24.2 Å². The Kier molecular flexibility index (Phi) is 12.1. The molecule has 1 aromatic carbocycles. The lowest BCUT2D eigenvalue weighted by Gasteiger charge is -2.40. The van der Waals surface area contributed by atoms with Crippen LogP contribution in [0, 0.1) is 11.8 Å². The molecule has 1 aliphatic rings. The molecular weight excluding hydrogens is 494 g/mol. The van der Waals surface area contributed by atoms with E-state index in [0.717, 1.165) is 38.5 Å². The van der Waals surface area contributed by atoms with Crippen LogP contribution in [0.4, 0.5) is 4.79 Å². The van der Waals surface area contributed by atoms with Gasteiger partial charge in [-0.2, -0.15) is 0 Å². The van der Waals surface area contributed by atoms with E-state index in [1.54, 1.807) is 37.8 Å². The molecule has 8 nitrogen and oxygen atoms in total. The number of rotatable bonds is 11. The fraction of sp³-hybridized carbons (Fsp3) is 0.710. The van der Waals surface area contributed by atoms with E-state index < -0.39 is 23.8 Å². The second-order valence-electron chi connectivity index (χ2n) is 12.8. The average molecular weight is 546 g/mol. The zero-order chi connectivity index (χ0) is 29.3. The number of phenols is 1. The molecule has 1 aromatic rings. The van der Waals surface area contributed by atoms with Gasteiger partial charge in [-0.25, -0.2) is 4.79 Å². The number of nitrogens with one attached hydrogen (secondary N) is 2. The number of phenolic OH excluding ortho intramolecular Hbond substituents is 1. The average Bonchev–Trinajstić information content (AvgIpc) is 2.84. The fourth-order valence-electron chi connectivity index (χ4n) is 5.04. The lowest BCUT2D eigenvalue weighted by molar-refractivity contribution is -0.146. The summed E-state index contributed by atoms with van der Waals surface area (Å²) in [5.41, 5.74) is -0.0986. The summed E-state index contributed by atoms with van der Waals surface area (Å²) in [5, 5.41) is 16.0. The van der Waals surface area contributed by atoms with Gasteiger partial charge in [0.1, 0.15) is 23.4 Å². The molecule has 3 amide bonds. The molecular formula is C31H51N3O5. The SMILES string of the molecule is CC(C)CCC(C)N(C(=O)C(NC(=O)OC(C)(C)C)C(C)C)C(C(=O)NC1CCCCC1)c1ccc(O)cc1. The monoisotopic (exact) mass is 545 g/mol. The van der Waals surface area contributed by atoms with Crippen molar-refractivity contribution in [3.63, 3.8) is 0 Å². The summed E-state index contributed by atoms with van der Waals surface area (Å²) in [5.74, 6) is -0.302. The van der Waals surface area contributed by atoms with Gasteiger partial charge < -0.3 is 25.4 Å². The van der Waals surface area contributed by atoms with Gasteiger partial charge in [-0.3, -0.25) is 9.59 Å². The minimum absolute atomic E-state index is 0.0644. The zero-order valence-electron chi connectivity index (χ0n) is 25.3. The Labute approximate surface area is 235 Å². The molecule has 2 rings (SSSR count). The Hall–Kier alpha value is -2.77. The topological polar surface area (TPSA) is 108 Å². The quantitative estimate of drug-likeness (QED) is 0.312. The van der Waals surface area contributed by atoms with Gasteiger partial charge in [0.05, 0.1) is 0 Å². The van der Waals surface area contributed by atoms with Gasteiger partial charge in [-0.15, -0.1) is 0 Å². The first kappa shape index (κ1) is 32.4. The summed E-state index contributed by atoms with van der Waals surface area (Å²) < 4.78 is 5.47. The van der Waals surface area contributed by atoms with Crippen molar-refractivity contribution in [2.75, 3.05) is 0 Å². The van der Waals surface area contributed by atoms with Crippen molar-refractivity contribution in [2.45, 2.75) is 130 Å². The van der Waals surface area contributed by atoms with E-state index in [-0.39, 0.29) is 35.6 Å². The molecule has 1 fully saturated rings. The van der Waals surface area contributed by atoms with Crippen LogP contribution >= 0.6 is 0 Å². The van der Waals surface area contributed by atoms with E-state index in [1.165, 1.54) is 12.1 Å². The second kappa shape index (κ2) is 14.6. The smallest absolute Gasteiger partial charge is 0.408 e. The molecule has 1 aliphatic carbocycles. The number of carbonyl (C=O) groups is 3. The molecule has 0 aliphatic heterocycles. The lowest BCUT2D eigenvalue weighted by atomic mass is 9.93. The number of amides is 3. The van der Waals surface area contributed by atoms with E-state index in [4.69, 9.17) is 4.74 Å². The largest absolute Gasteiger partial charge is 0.508 e. The number of hydrogen-bond donors (Lipinski definition) is 3. The highest BCUT2D eigenvalue weighted by molar-refractivity contribution is 5.92. The van der Waals surface area contributed by atoms with Gasteiger partial charge in [-0.1, -0.05) is 59.1 Å². The van der Waals surface area contributed by atoms with Crippen LogP contribution in [0.2, 0.25) is 0 Å². The number of nitrogens with zero attached hydrogens (tertiary/aromatic N) is 1. The van der Waals surface area contributed by atoms with Crippen molar-refractivity contribution >= 4 is 17.9 Å². The minimum Gasteiger partial charge on any atom is -0.508 e. The molecule has 0 bridgehead atoms. The van der Waals surface area contributed by atoms with Crippen LogP contribution in [0.3, 0.4) is 0 Å².